The number of carbonyl (C=O) groups is 1. The van der Waals surface area contributed by atoms with E-state index in [2.05, 4.69) is 15.3 Å². The second-order valence-corrected chi connectivity index (χ2v) is 4.71. The Labute approximate surface area is 116 Å². The van der Waals surface area contributed by atoms with Gasteiger partial charge in [0.05, 0.1) is 17.4 Å². The summed E-state index contributed by atoms with van der Waals surface area (Å²) in [6, 6.07) is 2.99. The van der Waals surface area contributed by atoms with Crippen molar-refractivity contribution in [3.8, 4) is 0 Å². The van der Waals surface area contributed by atoms with Gasteiger partial charge in [-0.15, -0.1) is 0 Å². The van der Waals surface area contributed by atoms with Gasteiger partial charge in [-0.2, -0.15) is 0 Å². The van der Waals surface area contributed by atoms with Crippen LogP contribution >= 0.6 is 0 Å². The van der Waals surface area contributed by atoms with Gasteiger partial charge in [-0.3, -0.25) is 4.79 Å². The van der Waals surface area contributed by atoms with Gasteiger partial charge in [0.2, 0.25) is 5.91 Å². The molecule has 0 spiro atoms. The van der Waals surface area contributed by atoms with Crippen molar-refractivity contribution in [2.45, 2.75) is 6.54 Å². The molecule has 2 N–H and O–H groups in total. The molecule has 20 heavy (non-hydrogen) atoms. The maximum Gasteiger partial charge on any atom is 0.243 e. The Morgan fingerprint density at radius 1 is 1.50 bits per heavy atom. The molecule has 1 heterocycles. The Kier molecular flexibility index (Phi) is 4.47. The van der Waals surface area contributed by atoms with Crippen LogP contribution in [0.5, 0.6) is 0 Å². The number of halogens is 1. The number of rotatable bonds is 5. The van der Waals surface area contributed by atoms with Gasteiger partial charge >= 0.3 is 0 Å². The van der Waals surface area contributed by atoms with Crippen molar-refractivity contribution in [2.24, 2.45) is 0 Å². The molecule has 6 heteroatoms. The summed E-state index contributed by atoms with van der Waals surface area (Å²) in [4.78, 5) is 20.5. The number of nitrogens with zero attached hydrogens (tertiary/aromatic N) is 2. The number of H-pyrrole nitrogens is 1. The molecule has 0 aliphatic heterocycles. The van der Waals surface area contributed by atoms with Crippen molar-refractivity contribution in [3.05, 3.63) is 42.0 Å². The first-order chi connectivity index (χ1) is 9.58. The van der Waals surface area contributed by atoms with Crippen LogP contribution in [-0.2, 0) is 11.3 Å². The number of aromatic amines is 1. The molecule has 2 rings (SSSR count). The summed E-state index contributed by atoms with van der Waals surface area (Å²) in [5.41, 5.74) is 1.68. The van der Waals surface area contributed by atoms with E-state index in [0.717, 1.165) is 5.52 Å². The molecule has 0 atom stereocenters. The highest BCUT2D eigenvalue weighted by Gasteiger charge is 2.10. The number of hydrogen-bond donors (Lipinski definition) is 2. The Morgan fingerprint density at radius 2 is 2.30 bits per heavy atom. The van der Waals surface area contributed by atoms with E-state index in [1.165, 1.54) is 18.5 Å². The van der Waals surface area contributed by atoms with Gasteiger partial charge < -0.3 is 15.2 Å². The Morgan fingerprint density at radius 3 is 3.05 bits per heavy atom. The monoisotopic (exact) mass is 276 g/mol. The number of likely N-dealkylation sites (N-methyl/N-ethyl adjacent to an activating group) is 1. The molecule has 0 unspecified atom stereocenters. The van der Waals surface area contributed by atoms with Crippen LogP contribution in [0.15, 0.2) is 30.6 Å². The van der Waals surface area contributed by atoms with Crippen LogP contribution in [0.2, 0.25) is 0 Å². The molecule has 106 valence electrons. The zero-order chi connectivity index (χ0) is 14.5. The van der Waals surface area contributed by atoms with Crippen molar-refractivity contribution in [2.75, 3.05) is 20.6 Å². The highest BCUT2D eigenvalue weighted by atomic mass is 19.1. The lowest BCUT2D eigenvalue weighted by Gasteiger charge is -2.06. The summed E-state index contributed by atoms with van der Waals surface area (Å²) in [6.45, 7) is 0.788. The van der Waals surface area contributed by atoms with Crippen molar-refractivity contribution in [3.63, 3.8) is 0 Å². The third kappa shape index (κ3) is 3.42. The van der Waals surface area contributed by atoms with E-state index in [0.29, 0.717) is 17.6 Å². The van der Waals surface area contributed by atoms with E-state index >= 15 is 0 Å². The number of carbonyl (C=O) groups excluding carboxylic acids is 1. The molecule has 0 saturated heterocycles. The van der Waals surface area contributed by atoms with Crippen molar-refractivity contribution in [1.29, 1.82) is 0 Å². The largest absolute Gasteiger partial charge is 0.348 e. The minimum atomic E-state index is -0.373. The predicted octanol–water partition coefficient (Wildman–Crippen LogP) is 1.44. The maximum atomic E-state index is 13.8. The van der Waals surface area contributed by atoms with Crippen LogP contribution in [0.3, 0.4) is 0 Å². The average Bonchev–Trinajstić information content (AvgIpc) is 2.85. The average molecular weight is 276 g/mol. The summed E-state index contributed by atoms with van der Waals surface area (Å²) in [5, 5.41) is 2.66. The minimum absolute atomic E-state index is 0.110. The summed E-state index contributed by atoms with van der Waals surface area (Å²) >= 11 is 0. The first kappa shape index (κ1) is 14.2. The van der Waals surface area contributed by atoms with E-state index in [9.17, 15) is 9.18 Å². The molecule has 0 aliphatic rings. The third-order valence-corrected chi connectivity index (χ3v) is 2.82. The Hall–Kier alpha value is -2.21. The fourth-order valence-electron chi connectivity index (χ4n) is 1.82. The van der Waals surface area contributed by atoms with Crippen LogP contribution < -0.4 is 5.32 Å². The van der Waals surface area contributed by atoms with Crippen LogP contribution in [0.4, 0.5) is 4.39 Å². The van der Waals surface area contributed by atoms with E-state index < -0.39 is 0 Å². The summed E-state index contributed by atoms with van der Waals surface area (Å²) in [6.07, 6.45) is 4.70. The number of benzene rings is 1. The number of amides is 1. The zero-order valence-electron chi connectivity index (χ0n) is 11.5. The minimum Gasteiger partial charge on any atom is -0.348 e. The van der Waals surface area contributed by atoms with E-state index in [1.54, 1.807) is 12.1 Å². The van der Waals surface area contributed by atoms with Gasteiger partial charge in [-0.05, 0) is 26.2 Å². The summed E-state index contributed by atoms with van der Waals surface area (Å²) < 4.78 is 13.8. The smallest absolute Gasteiger partial charge is 0.243 e. The molecule has 5 nitrogen and oxygen atoms in total. The molecule has 0 fully saturated rings. The second-order valence-electron chi connectivity index (χ2n) is 4.71. The van der Waals surface area contributed by atoms with E-state index in [4.69, 9.17) is 0 Å². The molecular formula is C14H17FN4O. The molecular weight excluding hydrogens is 259 g/mol. The van der Waals surface area contributed by atoms with Gasteiger partial charge in [-0.1, -0.05) is 6.08 Å². The maximum absolute atomic E-state index is 13.8. The second kappa shape index (κ2) is 6.29. The topological polar surface area (TPSA) is 61.0 Å². The summed E-state index contributed by atoms with van der Waals surface area (Å²) in [5.74, 6) is -0.624. The van der Waals surface area contributed by atoms with E-state index in [-0.39, 0.29) is 18.3 Å². The standard InChI is InChI=1S/C14H17FN4O/c1-19(2)7-3-4-13(20)16-8-10-11(15)5-6-12-14(10)18-9-17-12/h3-6,9H,7-8H2,1-2H3,(H,16,20)(H,17,18)/b4-3+. The Bertz CT molecular complexity index is 633. The molecule has 0 saturated carbocycles. The molecule has 2 aromatic rings. The first-order valence-corrected chi connectivity index (χ1v) is 6.27. The van der Waals surface area contributed by atoms with Gasteiger partial charge in [0.1, 0.15) is 5.82 Å². The lowest BCUT2D eigenvalue weighted by molar-refractivity contribution is -0.116. The lowest BCUT2D eigenvalue weighted by Crippen LogP contribution is -2.21. The number of imidazole rings is 1. The lowest BCUT2D eigenvalue weighted by atomic mass is 10.1. The van der Waals surface area contributed by atoms with Crippen molar-refractivity contribution >= 4 is 16.9 Å². The molecule has 0 radical (unpaired) electrons. The highest BCUT2D eigenvalue weighted by molar-refractivity contribution is 5.88. The van der Waals surface area contributed by atoms with Crippen LogP contribution in [-0.4, -0.2) is 41.4 Å². The normalized spacial score (nSPS) is 11.6. The quantitative estimate of drug-likeness (QED) is 0.812. The predicted molar refractivity (Wildman–Crippen MR) is 75.6 cm³/mol. The molecule has 0 bridgehead atoms. The van der Waals surface area contributed by atoms with Crippen molar-refractivity contribution in [1.82, 2.24) is 20.2 Å². The molecule has 1 aromatic heterocycles. The van der Waals surface area contributed by atoms with E-state index in [1.807, 2.05) is 19.0 Å². The molecule has 0 aliphatic carbocycles. The fraction of sp³-hybridized carbons (Fsp3) is 0.286. The summed E-state index contributed by atoms with van der Waals surface area (Å²) in [7, 11) is 3.83. The van der Waals surface area contributed by atoms with Gasteiger partial charge in [-0.25, -0.2) is 9.37 Å². The Balaban J connectivity index is 2.02. The van der Waals surface area contributed by atoms with Crippen LogP contribution in [0.1, 0.15) is 5.56 Å². The third-order valence-electron chi connectivity index (χ3n) is 2.82. The van der Waals surface area contributed by atoms with Crippen molar-refractivity contribution < 1.29 is 9.18 Å². The number of hydrogen-bond acceptors (Lipinski definition) is 3. The SMILES string of the molecule is CN(C)C/C=C/C(=O)NCc1c(F)ccc2[nH]cnc12. The van der Waals surface area contributed by atoms with Gasteiger partial charge in [0, 0.05) is 24.7 Å². The number of fused-ring (bicyclic) bond motifs is 1. The molecule has 1 aromatic carbocycles. The van der Waals surface area contributed by atoms with Crippen LogP contribution in [0, 0.1) is 5.82 Å². The number of aromatic nitrogens is 2. The first-order valence-electron chi connectivity index (χ1n) is 6.27. The fourth-order valence-corrected chi connectivity index (χ4v) is 1.82. The molecule has 1 amide bonds. The highest BCUT2D eigenvalue weighted by Crippen LogP contribution is 2.18. The number of nitrogens with one attached hydrogen (secondary N) is 2. The van der Waals surface area contributed by atoms with Gasteiger partial charge in [0.15, 0.2) is 0 Å². The van der Waals surface area contributed by atoms with Crippen LogP contribution in [0.25, 0.3) is 11.0 Å². The zero-order valence-corrected chi connectivity index (χ0v) is 11.5. The van der Waals surface area contributed by atoms with Gasteiger partial charge in [0.25, 0.3) is 0 Å².